The van der Waals surface area contributed by atoms with Gasteiger partial charge in [0.25, 0.3) is 0 Å². The Morgan fingerprint density at radius 3 is 2.42 bits per heavy atom. The van der Waals surface area contributed by atoms with E-state index in [0.717, 1.165) is 5.56 Å². The SMILES string of the molecule is Cc1ccccc1[C@@H](C)N[C@@H](C)c1ccc(Cl)nc1. The molecule has 0 amide bonds. The van der Waals surface area contributed by atoms with Crippen molar-refractivity contribution in [1.82, 2.24) is 10.3 Å². The van der Waals surface area contributed by atoms with Crippen LogP contribution in [0.25, 0.3) is 0 Å². The quantitative estimate of drug-likeness (QED) is 0.833. The van der Waals surface area contributed by atoms with E-state index in [-0.39, 0.29) is 6.04 Å². The molecule has 19 heavy (non-hydrogen) atoms. The third kappa shape index (κ3) is 3.55. The molecule has 100 valence electrons. The number of nitrogens with zero attached hydrogens (tertiary/aromatic N) is 1. The van der Waals surface area contributed by atoms with Crippen molar-refractivity contribution in [2.75, 3.05) is 0 Å². The van der Waals surface area contributed by atoms with Crippen molar-refractivity contribution in [3.05, 3.63) is 64.4 Å². The molecule has 0 saturated carbocycles. The molecule has 0 aliphatic carbocycles. The average molecular weight is 275 g/mol. The molecule has 0 radical (unpaired) electrons. The van der Waals surface area contributed by atoms with E-state index in [9.17, 15) is 0 Å². The lowest BCUT2D eigenvalue weighted by Crippen LogP contribution is -2.23. The van der Waals surface area contributed by atoms with Crippen molar-refractivity contribution in [3.8, 4) is 0 Å². The Hall–Kier alpha value is -1.38. The summed E-state index contributed by atoms with van der Waals surface area (Å²) in [5, 5.41) is 4.12. The van der Waals surface area contributed by atoms with Gasteiger partial charge in [0.2, 0.25) is 0 Å². The molecule has 0 aliphatic rings. The number of benzene rings is 1. The summed E-state index contributed by atoms with van der Waals surface area (Å²) >= 11 is 5.81. The zero-order valence-electron chi connectivity index (χ0n) is 11.5. The van der Waals surface area contributed by atoms with E-state index in [1.54, 1.807) is 0 Å². The van der Waals surface area contributed by atoms with Crippen molar-refractivity contribution < 1.29 is 0 Å². The van der Waals surface area contributed by atoms with Gasteiger partial charge in [-0.05, 0) is 43.5 Å². The van der Waals surface area contributed by atoms with E-state index < -0.39 is 0 Å². The van der Waals surface area contributed by atoms with Crippen molar-refractivity contribution in [1.29, 1.82) is 0 Å². The highest BCUT2D eigenvalue weighted by atomic mass is 35.5. The minimum atomic E-state index is 0.236. The fraction of sp³-hybridized carbons (Fsp3) is 0.312. The maximum Gasteiger partial charge on any atom is 0.129 e. The molecule has 3 heteroatoms. The normalized spacial score (nSPS) is 14.1. The summed E-state index contributed by atoms with van der Waals surface area (Å²) in [7, 11) is 0. The van der Waals surface area contributed by atoms with Gasteiger partial charge in [-0.25, -0.2) is 4.98 Å². The second-order valence-corrected chi connectivity index (χ2v) is 5.27. The Kier molecular flexibility index (Phi) is 4.56. The number of aryl methyl sites for hydroxylation is 1. The van der Waals surface area contributed by atoms with Crippen LogP contribution in [0.3, 0.4) is 0 Å². The first-order valence-electron chi connectivity index (χ1n) is 6.51. The van der Waals surface area contributed by atoms with Gasteiger partial charge in [-0.3, -0.25) is 0 Å². The van der Waals surface area contributed by atoms with E-state index in [4.69, 9.17) is 11.6 Å². The minimum absolute atomic E-state index is 0.236. The maximum absolute atomic E-state index is 5.81. The van der Waals surface area contributed by atoms with E-state index >= 15 is 0 Å². The Balaban J connectivity index is 2.08. The molecule has 2 atom stereocenters. The Morgan fingerprint density at radius 1 is 1.05 bits per heavy atom. The van der Waals surface area contributed by atoms with Crippen molar-refractivity contribution in [3.63, 3.8) is 0 Å². The van der Waals surface area contributed by atoms with Gasteiger partial charge in [-0.2, -0.15) is 0 Å². The van der Waals surface area contributed by atoms with Crippen LogP contribution < -0.4 is 5.32 Å². The lowest BCUT2D eigenvalue weighted by Gasteiger charge is -2.22. The average Bonchev–Trinajstić information content (AvgIpc) is 2.39. The molecule has 0 fully saturated rings. The molecule has 2 nitrogen and oxygen atoms in total. The van der Waals surface area contributed by atoms with Gasteiger partial charge < -0.3 is 5.32 Å². The van der Waals surface area contributed by atoms with Crippen molar-refractivity contribution in [2.45, 2.75) is 32.9 Å². The largest absolute Gasteiger partial charge is 0.304 e. The molecule has 2 aromatic rings. The lowest BCUT2D eigenvalue weighted by atomic mass is 10.0. The van der Waals surface area contributed by atoms with E-state index in [2.05, 4.69) is 55.3 Å². The van der Waals surface area contributed by atoms with E-state index in [1.807, 2.05) is 18.3 Å². The first-order chi connectivity index (χ1) is 9.08. The summed E-state index contributed by atoms with van der Waals surface area (Å²) in [4.78, 5) is 4.12. The van der Waals surface area contributed by atoms with E-state index in [1.165, 1.54) is 11.1 Å². The Bertz CT molecular complexity index is 537. The topological polar surface area (TPSA) is 24.9 Å². The number of nitrogens with one attached hydrogen (secondary N) is 1. The Labute approximate surface area is 119 Å². The second-order valence-electron chi connectivity index (χ2n) is 4.88. The summed E-state index contributed by atoms with van der Waals surface area (Å²) in [6.07, 6.45) is 1.82. The zero-order valence-corrected chi connectivity index (χ0v) is 12.3. The number of hydrogen-bond acceptors (Lipinski definition) is 2. The maximum atomic E-state index is 5.81. The molecular weight excluding hydrogens is 256 g/mol. The van der Waals surface area contributed by atoms with Crippen LogP contribution in [0.1, 0.15) is 42.6 Å². The summed E-state index contributed by atoms with van der Waals surface area (Å²) < 4.78 is 0. The molecule has 0 spiro atoms. The molecule has 2 rings (SSSR count). The van der Waals surface area contributed by atoms with Gasteiger partial charge in [0.05, 0.1) is 0 Å². The fourth-order valence-corrected chi connectivity index (χ4v) is 2.39. The highest BCUT2D eigenvalue weighted by Gasteiger charge is 2.12. The first kappa shape index (κ1) is 14.0. The van der Waals surface area contributed by atoms with Crippen LogP contribution in [0.15, 0.2) is 42.6 Å². The molecule has 1 aromatic heterocycles. The summed E-state index contributed by atoms with van der Waals surface area (Å²) in [6.45, 7) is 6.46. The highest BCUT2D eigenvalue weighted by molar-refractivity contribution is 6.29. The van der Waals surface area contributed by atoms with Crippen LogP contribution in [-0.4, -0.2) is 4.98 Å². The number of pyridine rings is 1. The van der Waals surface area contributed by atoms with Gasteiger partial charge in [0.15, 0.2) is 0 Å². The molecule has 0 saturated heterocycles. The summed E-state index contributed by atoms with van der Waals surface area (Å²) in [5.74, 6) is 0. The minimum Gasteiger partial charge on any atom is -0.304 e. The molecule has 1 heterocycles. The van der Waals surface area contributed by atoms with Crippen LogP contribution in [0.5, 0.6) is 0 Å². The second kappa shape index (κ2) is 6.18. The molecule has 1 N–H and O–H groups in total. The van der Waals surface area contributed by atoms with Crippen LogP contribution in [0.2, 0.25) is 5.15 Å². The van der Waals surface area contributed by atoms with Gasteiger partial charge >= 0.3 is 0 Å². The molecule has 1 aromatic carbocycles. The van der Waals surface area contributed by atoms with Crippen LogP contribution in [0.4, 0.5) is 0 Å². The summed E-state index contributed by atoms with van der Waals surface area (Å²) in [5.41, 5.74) is 3.78. The predicted octanol–water partition coefficient (Wildman–Crippen LogP) is 4.46. The third-order valence-corrected chi connectivity index (χ3v) is 3.63. The molecule has 0 bridgehead atoms. The third-order valence-electron chi connectivity index (χ3n) is 3.41. The zero-order chi connectivity index (χ0) is 13.8. The van der Waals surface area contributed by atoms with Crippen LogP contribution >= 0.6 is 11.6 Å². The lowest BCUT2D eigenvalue weighted by molar-refractivity contribution is 0.492. The highest BCUT2D eigenvalue weighted by Crippen LogP contribution is 2.21. The first-order valence-corrected chi connectivity index (χ1v) is 6.88. The van der Waals surface area contributed by atoms with Crippen molar-refractivity contribution >= 4 is 11.6 Å². The fourth-order valence-electron chi connectivity index (χ4n) is 2.28. The Morgan fingerprint density at radius 2 is 1.79 bits per heavy atom. The smallest absolute Gasteiger partial charge is 0.129 e. The number of rotatable bonds is 4. The van der Waals surface area contributed by atoms with Gasteiger partial charge in [0.1, 0.15) is 5.15 Å². The van der Waals surface area contributed by atoms with Gasteiger partial charge in [-0.1, -0.05) is 41.9 Å². The molecule has 0 aliphatic heterocycles. The molecule has 0 unspecified atom stereocenters. The van der Waals surface area contributed by atoms with Gasteiger partial charge in [0, 0.05) is 18.3 Å². The number of aromatic nitrogens is 1. The van der Waals surface area contributed by atoms with Gasteiger partial charge in [-0.15, -0.1) is 0 Å². The number of halogens is 1. The van der Waals surface area contributed by atoms with Crippen LogP contribution in [-0.2, 0) is 0 Å². The summed E-state index contributed by atoms with van der Waals surface area (Å²) in [6, 6.07) is 12.8. The standard InChI is InChI=1S/C16H19ClN2/c1-11-6-4-5-7-15(11)13(3)19-12(2)14-8-9-16(17)18-10-14/h4-10,12-13,19H,1-3H3/t12-,13+/m0/s1. The van der Waals surface area contributed by atoms with Crippen LogP contribution in [0, 0.1) is 6.92 Å². The molecular formula is C16H19ClN2. The van der Waals surface area contributed by atoms with E-state index in [0.29, 0.717) is 11.2 Å². The number of hydrogen-bond donors (Lipinski definition) is 1. The predicted molar refractivity (Wildman–Crippen MR) is 80.4 cm³/mol. The monoisotopic (exact) mass is 274 g/mol. The van der Waals surface area contributed by atoms with Crippen molar-refractivity contribution in [2.24, 2.45) is 0 Å².